The summed E-state index contributed by atoms with van der Waals surface area (Å²) in [6.45, 7) is 1.62. The lowest BCUT2D eigenvalue weighted by Gasteiger charge is -2.23. The molecule has 7 heteroatoms. The first-order valence-electron chi connectivity index (χ1n) is 6.15. The number of halogens is 2. The Morgan fingerprint density at radius 1 is 1.53 bits per heavy atom. The highest BCUT2D eigenvalue weighted by molar-refractivity contribution is 5.85. The molecule has 1 aliphatic heterocycles. The third kappa shape index (κ3) is 4.37. The SMILES string of the molecule is CNCCC(=O)N1CCCC1c1cnn(C)c1.Cl.Cl. The van der Waals surface area contributed by atoms with Gasteiger partial charge in [-0.3, -0.25) is 9.48 Å². The van der Waals surface area contributed by atoms with Gasteiger partial charge < -0.3 is 10.2 Å². The van der Waals surface area contributed by atoms with Gasteiger partial charge in [0.05, 0.1) is 12.2 Å². The summed E-state index contributed by atoms with van der Waals surface area (Å²) in [6.07, 6.45) is 6.60. The molecule has 1 aliphatic rings. The van der Waals surface area contributed by atoms with Crippen LogP contribution < -0.4 is 5.32 Å². The van der Waals surface area contributed by atoms with E-state index in [0.29, 0.717) is 6.42 Å². The Morgan fingerprint density at radius 2 is 2.26 bits per heavy atom. The number of likely N-dealkylation sites (tertiary alicyclic amines) is 1. The van der Waals surface area contributed by atoms with Crippen molar-refractivity contribution in [2.24, 2.45) is 7.05 Å². The van der Waals surface area contributed by atoms with Gasteiger partial charge in [0.2, 0.25) is 5.91 Å². The number of aryl methyl sites for hydroxylation is 1. The summed E-state index contributed by atoms with van der Waals surface area (Å²) in [5.41, 5.74) is 1.16. The van der Waals surface area contributed by atoms with Gasteiger partial charge in [-0.15, -0.1) is 24.8 Å². The molecule has 0 aliphatic carbocycles. The maximum absolute atomic E-state index is 12.1. The molecule has 2 rings (SSSR count). The van der Waals surface area contributed by atoms with Gasteiger partial charge in [-0.1, -0.05) is 0 Å². The average Bonchev–Trinajstić information content (AvgIpc) is 2.93. The van der Waals surface area contributed by atoms with E-state index in [2.05, 4.69) is 10.4 Å². The van der Waals surface area contributed by atoms with Crippen molar-refractivity contribution in [1.29, 1.82) is 0 Å². The number of hydrogen-bond acceptors (Lipinski definition) is 3. The van der Waals surface area contributed by atoms with E-state index < -0.39 is 0 Å². The summed E-state index contributed by atoms with van der Waals surface area (Å²) < 4.78 is 1.80. The highest BCUT2D eigenvalue weighted by atomic mass is 35.5. The average molecular weight is 309 g/mol. The van der Waals surface area contributed by atoms with Crippen molar-refractivity contribution < 1.29 is 4.79 Å². The highest BCUT2D eigenvalue weighted by Crippen LogP contribution is 2.31. The van der Waals surface area contributed by atoms with E-state index in [1.807, 2.05) is 31.4 Å². The smallest absolute Gasteiger partial charge is 0.224 e. The van der Waals surface area contributed by atoms with Crippen molar-refractivity contribution in [3.05, 3.63) is 18.0 Å². The lowest BCUT2D eigenvalue weighted by molar-refractivity contribution is -0.132. The van der Waals surface area contributed by atoms with Crippen LogP contribution in [0.1, 0.15) is 30.9 Å². The first-order valence-corrected chi connectivity index (χ1v) is 6.15. The number of nitrogens with zero attached hydrogens (tertiary/aromatic N) is 3. The van der Waals surface area contributed by atoms with Crippen molar-refractivity contribution in [3.63, 3.8) is 0 Å². The summed E-state index contributed by atoms with van der Waals surface area (Å²) in [7, 11) is 3.78. The fourth-order valence-electron chi connectivity index (χ4n) is 2.40. The van der Waals surface area contributed by atoms with Gasteiger partial charge in [-0.05, 0) is 19.9 Å². The Kier molecular flexibility index (Phi) is 8.06. The normalized spacial score (nSPS) is 17.8. The topological polar surface area (TPSA) is 50.2 Å². The van der Waals surface area contributed by atoms with Gasteiger partial charge in [0.15, 0.2) is 0 Å². The van der Waals surface area contributed by atoms with E-state index in [-0.39, 0.29) is 36.8 Å². The largest absolute Gasteiger partial charge is 0.335 e. The second-order valence-electron chi connectivity index (χ2n) is 4.55. The molecule has 0 radical (unpaired) electrons. The van der Waals surface area contributed by atoms with Gasteiger partial charge in [0.1, 0.15) is 0 Å². The first-order chi connectivity index (χ1) is 8.22. The zero-order valence-electron chi connectivity index (χ0n) is 11.3. The molecule has 110 valence electrons. The number of carbonyl (C=O) groups is 1. The van der Waals surface area contributed by atoms with Crippen LogP contribution in [0, 0.1) is 0 Å². The molecule has 19 heavy (non-hydrogen) atoms. The molecule has 1 unspecified atom stereocenters. The van der Waals surface area contributed by atoms with E-state index in [1.54, 1.807) is 4.68 Å². The molecule has 1 saturated heterocycles. The van der Waals surface area contributed by atoms with Crippen molar-refractivity contribution in [3.8, 4) is 0 Å². The molecule has 1 aromatic heterocycles. The molecule has 0 saturated carbocycles. The van der Waals surface area contributed by atoms with Gasteiger partial charge in [-0.2, -0.15) is 5.10 Å². The minimum absolute atomic E-state index is 0. The number of carbonyl (C=O) groups excluding carboxylic acids is 1. The predicted molar refractivity (Wildman–Crippen MR) is 79.9 cm³/mol. The Labute approximate surface area is 126 Å². The van der Waals surface area contributed by atoms with Crippen LogP contribution in [0.25, 0.3) is 0 Å². The number of rotatable bonds is 4. The quantitative estimate of drug-likeness (QED) is 0.918. The van der Waals surface area contributed by atoms with Gasteiger partial charge in [-0.25, -0.2) is 0 Å². The summed E-state index contributed by atoms with van der Waals surface area (Å²) in [5, 5.41) is 7.20. The van der Waals surface area contributed by atoms with Crippen LogP contribution >= 0.6 is 24.8 Å². The van der Waals surface area contributed by atoms with Crippen LogP contribution in [0.15, 0.2) is 12.4 Å². The minimum Gasteiger partial charge on any atom is -0.335 e. The predicted octanol–water partition coefficient (Wildman–Crippen LogP) is 1.54. The van der Waals surface area contributed by atoms with Crippen LogP contribution in [-0.4, -0.2) is 40.7 Å². The van der Waals surface area contributed by atoms with Crippen molar-refractivity contribution in [1.82, 2.24) is 20.0 Å². The molecular formula is C12H22Cl2N4O. The van der Waals surface area contributed by atoms with E-state index in [9.17, 15) is 4.79 Å². The minimum atomic E-state index is 0. The van der Waals surface area contributed by atoms with Crippen LogP contribution in [0.3, 0.4) is 0 Å². The molecule has 1 amide bonds. The number of amides is 1. The summed E-state index contributed by atoms with van der Waals surface area (Å²) in [6, 6.07) is 0.230. The lowest BCUT2D eigenvalue weighted by atomic mass is 10.1. The molecule has 5 nitrogen and oxygen atoms in total. The molecule has 1 aromatic rings. The van der Waals surface area contributed by atoms with Crippen LogP contribution in [0.5, 0.6) is 0 Å². The van der Waals surface area contributed by atoms with E-state index in [1.165, 1.54) is 0 Å². The zero-order valence-corrected chi connectivity index (χ0v) is 13.0. The molecule has 0 aromatic carbocycles. The Balaban J connectivity index is 0.00000162. The fraction of sp³-hybridized carbons (Fsp3) is 0.667. The number of nitrogens with one attached hydrogen (secondary N) is 1. The highest BCUT2D eigenvalue weighted by Gasteiger charge is 2.30. The third-order valence-corrected chi connectivity index (χ3v) is 3.27. The van der Waals surface area contributed by atoms with Gasteiger partial charge >= 0.3 is 0 Å². The first kappa shape index (κ1) is 18.2. The zero-order chi connectivity index (χ0) is 12.3. The summed E-state index contributed by atoms with van der Waals surface area (Å²) in [5.74, 6) is 0.241. The van der Waals surface area contributed by atoms with Crippen LogP contribution in [0.2, 0.25) is 0 Å². The van der Waals surface area contributed by atoms with E-state index in [4.69, 9.17) is 0 Å². The van der Waals surface area contributed by atoms with Crippen LogP contribution in [-0.2, 0) is 11.8 Å². The van der Waals surface area contributed by atoms with E-state index in [0.717, 1.165) is 31.5 Å². The van der Waals surface area contributed by atoms with Crippen molar-refractivity contribution >= 4 is 30.7 Å². The standard InChI is InChI=1S/C12H20N4O.2ClH/c1-13-6-5-12(17)16-7-3-4-11(16)10-8-14-15(2)9-10;;/h8-9,11,13H,3-7H2,1-2H3;2*1H. The maximum atomic E-state index is 12.1. The van der Waals surface area contributed by atoms with Crippen molar-refractivity contribution in [2.45, 2.75) is 25.3 Å². The van der Waals surface area contributed by atoms with E-state index >= 15 is 0 Å². The second-order valence-corrected chi connectivity index (χ2v) is 4.55. The lowest BCUT2D eigenvalue weighted by Crippen LogP contribution is -2.32. The molecule has 1 N–H and O–H groups in total. The monoisotopic (exact) mass is 308 g/mol. The van der Waals surface area contributed by atoms with Crippen LogP contribution in [0.4, 0.5) is 0 Å². The second kappa shape index (κ2) is 8.40. The summed E-state index contributed by atoms with van der Waals surface area (Å²) >= 11 is 0. The Hall–Kier alpha value is -0.780. The van der Waals surface area contributed by atoms with Gasteiger partial charge in [0.25, 0.3) is 0 Å². The fourth-order valence-corrected chi connectivity index (χ4v) is 2.40. The molecule has 1 atom stereocenters. The number of aromatic nitrogens is 2. The maximum Gasteiger partial charge on any atom is 0.224 e. The molecule has 2 heterocycles. The third-order valence-electron chi connectivity index (χ3n) is 3.27. The molecular weight excluding hydrogens is 287 g/mol. The molecule has 1 fully saturated rings. The molecule has 0 bridgehead atoms. The van der Waals surface area contributed by atoms with Crippen molar-refractivity contribution in [2.75, 3.05) is 20.1 Å². The Bertz CT molecular complexity index is 397. The molecule has 0 spiro atoms. The summed E-state index contributed by atoms with van der Waals surface area (Å²) in [4.78, 5) is 14.0. The Morgan fingerprint density at radius 3 is 2.84 bits per heavy atom. The number of hydrogen-bond donors (Lipinski definition) is 1. The van der Waals surface area contributed by atoms with Gasteiger partial charge in [0, 0.05) is 38.3 Å².